The predicted molar refractivity (Wildman–Crippen MR) is 210 cm³/mol. The highest BCUT2D eigenvalue weighted by Gasteiger charge is 2.25. The van der Waals surface area contributed by atoms with Crippen LogP contribution >= 0.6 is 11.6 Å². The minimum Gasteiger partial charge on any atom is -0.493 e. The zero-order chi connectivity index (χ0) is 37.3. The number of piperidine rings is 1. The summed E-state index contributed by atoms with van der Waals surface area (Å²) in [4.78, 5) is 42.9. The van der Waals surface area contributed by atoms with Crippen LogP contribution in [0.3, 0.4) is 0 Å². The Labute approximate surface area is 317 Å². The number of halogens is 1. The van der Waals surface area contributed by atoms with Crippen LogP contribution in [0.2, 0.25) is 5.02 Å². The van der Waals surface area contributed by atoms with E-state index in [1.165, 1.54) is 38.5 Å². The van der Waals surface area contributed by atoms with Gasteiger partial charge in [-0.15, -0.1) is 0 Å². The Morgan fingerprint density at radius 1 is 0.906 bits per heavy atom. The Balaban J connectivity index is 1.19. The van der Waals surface area contributed by atoms with Gasteiger partial charge in [0.15, 0.2) is 0 Å². The smallest absolute Gasteiger partial charge is 0.262 e. The van der Waals surface area contributed by atoms with Crippen molar-refractivity contribution in [3.05, 3.63) is 94.1 Å². The van der Waals surface area contributed by atoms with E-state index < -0.39 is 5.91 Å². The van der Waals surface area contributed by atoms with Crippen molar-refractivity contribution < 1.29 is 19.1 Å². The normalized spacial score (nSPS) is 15.3. The number of carbonyl (C=O) groups is 2. The molecule has 6 rings (SSSR count). The highest BCUT2D eigenvalue weighted by Crippen LogP contribution is 2.33. The van der Waals surface area contributed by atoms with Crippen molar-refractivity contribution in [2.24, 2.45) is 0 Å². The highest BCUT2D eigenvalue weighted by molar-refractivity contribution is 6.32. The van der Waals surface area contributed by atoms with Crippen LogP contribution in [0, 0.1) is 13.8 Å². The standard InChI is InChI=1S/C41H50ClN7O4/c1-28(2)48-20-22-49(23-21-48)40(51)31-15-16-36(35(42)25-31)53-39-34(38(50)45-37-29(3)11-8-12-30(37)4)27-43-41(46-39)44-32-13-9-14-33(26-32)52-24-10-19-47-17-6-5-7-18-47/h8-9,11-16,25-28H,5-7,10,17-24H2,1-4H3,(H,45,50)(H,43,44,46). The molecule has 2 aliphatic heterocycles. The number of benzene rings is 3. The van der Waals surface area contributed by atoms with Crippen LogP contribution in [-0.4, -0.2) is 94.9 Å². The predicted octanol–water partition coefficient (Wildman–Crippen LogP) is 7.96. The van der Waals surface area contributed by atoms with E-state index >= 15 is 0 Å². The average molecular weight is 740 g/mol. The summed E-state index contributed by atoms with van der Waals surface area (Å²) in [6.07, 6.45) is 6.27. The molecule has 2 fully saturated rings. The molecule has 12 heteroatoms. The van der Waals surface area contributed by atoms with Gasteiger partial charge in [-0.1, -0.05) is 42.3 Å². The first kappa shape index (κ1) is 38.0. The molecule has 0 aliphatic carbocycles. The second kappa shape index (κ2) is 17.9. The number of hydrogen-bond donors (Lipinski definition) is 2. The Hall–Kier alpha value is -4.71. The SMILES string of the molecule is Cc1cccc(C)c1NC(=O)c1cnc(Nc2cccc(OCCCN3CCCCC3)c2)nc1Oc1ccc(C(=O)N2CCN(C(C)C)CC2)cc1Cl. The zero-order valence-electron chi connectivity index (χ0n) is 31.2. The summed E-state index contributed by atoms with van der Waals surface area (Å²) in [6, 6.07) is 18.8. The van der Waals surface area contributed by atoms with Gasteiger partial charge in [-0.2, -0.15) is 4.98 Å². The van der Waals surface area contributed by atoms with Crippen LogP contribution in [0.15, 0.2) is 66.9 Å². The number of aryl methyl sites for hydroxylation is 2. The molecule has 0 saturated carbocycles. The van der Waals surface area contributed by atoms with Crippen molar-refractivity contribution in [3.63, 3.8) is 0 Å². The van der Waals surface area contributed by atoms with Crippen molar-refractivity contribution in [2.45, 2.75) is 59.4 Å². The van der Waals surface area contributed by atoms with Gasteiger partial charge in [-0.05, 0) is 102 Å². The summed E-state index contributed by atoms with van der Waals surface area (Å²) < 4.78 is 12.3. The second-order valence-electron chi connectivity index (χ2n) is 14.1. The summed E-state index contributed by atoms with van der Waals surface area (Å²) in [5.74, 6) is 0.678. The molecule has 0 unspecified atom stereocenters. The molecule has 3 aromatic carbocycles. The summed E-state index contributed by atoms with van der Waals surface area (Å²) in [7, 11) is 0. The Morgan fingerprint density at radius 3 is 2.36 bits per heavy atom. The number of aromatic nitrogens is 2. The number of hydrogen-bond acceptors (Lipinski definition) is 9. The largest absolute Gasteiger partial charge is 0.493 e. The van der Waals surface area contributed by atoms with Gasteiger partial charge in [0.2, 0.25) is 11.8 Å². The lowest BCUT2D eigenvalue weighted by atomic mass is 10.1. The molecule has 2 saturated heterocycles. The first-order valence-corrected chi connectivity index (χ1v) is 19.0. The summed E-state index contributed by atoms with van der Waals surface area (Å²) in [6.45, 7) is 15.1. The quantitative estimate of drug-likeness (QED) is 0.132. The summed E-state index contributed by atoms with van der Waals surface area (Å²) >= 11 is 6.73. The van der Waals surface area contributed by atoms with E-state index in [1.54, 1.807) is 18.2 Å². The molecular weight excluding hydrogens is 690 g/mol. The third-order valence-corrected chi connectivity index (χ3v) is 10.2. The lowest BCUT2D eigenvalue weighted by molar-refractivity contribution is 0.0595. The summed E-state index contributed by atoms with van der Waals surface area (Å²) in [5.41, 5.74) is 3.83. The minimum atomic E-state index is -0.438. The molecule has 3 heterocycles. The number of ether oxygens (including phenoxy) is 2. The fourth-order valence-corrected chi connectivity index (χ4v) is 6.97. The van der Waals surface area contributed by atoms with Gasteiger partial charge in [0.1, 0.15) is 17.1 Å². The van der Waals surface area contributed by atoms with E-state index in [-0.39, 0.29) is 34.1 Å². The Bertz CT molecular complexity index is 1870. The van der Waals surface area contributed by atoms with Crippen molar-refractivity contribution in [3.8, 4) is 17.4 Å². The Kier molecular flexibility index (Phi) is 12.8. The van der Waals surface area contributed by atoms with Crippen molar-refractivity contribution in [1.29, 1.82) is 0 Å². The number of nitrogens with zero attached hydrogens (tertiary/aromatic N) is 5. The van der Waals surface area contributed by atoms with Gasteiger partial charge in [-0.25, -0.2) is 4.98 Å². The lowest BCUT2D eigenvalue weighted by Gasteiger charge is -2.37. The molecular formula is C41H50ClN7O4. The van der Waals surface area contributed by atoms with Crippen LogP contribution in [-0.2, 0) is 0 Å². The fourth-order valence-electron chi connectivity index (χ4n) is 6.75. The first-order chi connectivity index (χ1) is 25.6. The number of anilines is 3. The minimum absolute atomic E-state index is 0.00198. The molecule has 11 nitrogen and oxygen atoms in total. The van der Waals surface area contributed by atoms with Crippen LogP contribution < -0.4 is 20.1 Å². The van der Waals surface area contributed by atoms with Gasteiger partial charge in [-0.3, -0.25) is 14.5 Å². The second-order valence-corrected chi connectivity index (χ2v) is 14.5. The van der Waals surface area contributed by atoms with Gasteiger partial charge in [0.05, 0.1) is 11.6 Å². The molecule has 1 aromatic heterocycles. The molecule has 0 atom stereocenters. The molecule has 2 N–H and O–H groups in total. The van der Waals surface area contributed by atoms with Gasteiger partial charge >= 0.3 is 0 Å². The van der Waals surface area contributed by atoms with Gasteiger partial charge in [0.25, 0.3) is 11.8 Å². The molecule has 4 aromatic rings. The van der Waals surface area contributed by atoms with Crippen LogP contribution in [0.25, 0.3) is 0 Å². The first-order valence-electron chi connectivity index (χ1n) is 18.6. The number of rotatable bonds is 13. The van der Waals surface area contributed by atoms with E-state index in [0.29, 0.717) is 42.7 Å². The number of piperazine rings is 1. The van der Waals surface area contributed by atoms with Crippen molar-refractivity contribution in [2.75, 3.05) is 63.1 Å². The maximum Gasteiger partial charge on any atom is 0.262 e. The maximum absolute atomic E-state index is 13.7. The number of carbonyl (C=O) groups excluding carboxylic acids is 2. The number of likely N-dealkylation sites (tertiary alicyclic amines) is 1. The van der Waals surface area contributed by atoms with Gasteiger partial charge < -0.3 is 29.9 Å². The van der Waals surface area contributed by atoms with Crippen molar-refractivity contribution >= 4 is 40.7 Å². The van der Waals surface area contributed by atoms with E-state index in [0.717, 1.165) is 42.9 Å². The molecule has 2 aliphatic rings. The van der Waals surface area contributed by atoms with Crippen LogP contribution in [0.5, 0.6) is 17.4 Å². The molecule has 2 amide bonds. The molecule has 280 valence electrons. The average Bonchev–Trinajstić information content (AvgIpc) is 3.16. The van der Waals surface area contributed by atoms with E-state index in [4.69, 9.17) is 21.1 Å². The van der Waals surface area contributed by atoms with E-state index in [9.17, 15) is 9.59 Å². The highest BCUT2D eigenvalue weighted by atomic mass is 35.5. The molecule has 53 heavy (non-hydrogen) atoms. The topological polar surface area (TPSA) is 112 Å². The number of para-hydroxylation sites is 1. The van der Waals surface area contributed by atoms with E-state index in [2.05, 4.69) is 44.2 Å². The fraction of sp³-hybridized carbons (Fsp3) is 0.415. The van der Waals surface area contributed by atoms with Crippen molar-refractivity contribution in [1.82, 2.24) is 24.7 Å². The van der Waals surface area contributed by atoms with E-state index in [1.807, 2.05) is 61.2 Å². The molecule has 0 bridgehead atoms. The van der Waals surface area contributed by atoms with Crippen LogP contribution in [0.1, 0.15) is 71.4 Å². The Morgan fingerprint density at radius 2 is 1.64 bits per heavy atom. The number of amides is 2. The zero-order valence-corrected chi connectivity index (χ0v) is 31.9. The monoisotopic (exact) mass is 739 g/mol. The maximum atomic E-state index is 13.7. The lowest BCUT2D eigenvalue weighted by Crippen LogP contribution is -2.50. The van der Waals surface area contributed by atoms with Crippen LogP contribution in [0.4, 0.5) is 17.3 Å². The number of nitrogens with one attached hydrogen (secondary N) is 2. The molecule has 0 spiro atoms. The van der Waals surface area contributed by atoms with Gasteiger partial charge in [0, 0.05) is 68.0 Å². The summed E-state index contributed by atoms with van der Waals surface area (Å²) in [5, 5.41) is 6.44. The third kappa shape index (κ3) is 10.0. The molecule has 0 radical (unpaired) electrons. The third-order valence-electron chi connectivity index (χ3n) is 9.86.